The minimum Gasteiger partial charge on any atom is -0.491 e. The Bertz CT molecular complexity index is 471. The zero-order valence-electron chi connectivity index (χ0n) is 10.2. The second kappa shape index (κ2) is 6.67. The van der Waals surface area contributed by atoms with E-state index in [0.717, 1.165) is 17.0 Å². The molecule has 0 saturated heterocycles. The lowest BCUT2D eigenvalue weighted by Crippen LogP contribution is -2.07. The number of nitrogen functional groups attached to an aromatic ring is 1. The molecule has 0 aliphatic carbocycles. The summed E-state index contributed by atoms with van der Waals surface area (Å²) in [5, 5.41) is 0. The molecule has 0 aliphatic heterocycles. The molecule has 0 unspecified atom stereocenters. The molecule has 0 radical (unpaired) electrons. The molecule has 0 fully saturated rings. The molecule has 0 spiro atoms. The van der Waals surface area contributed by atoms with Gasteiger partial charge in [-0.1, -0.05) is 36.4 Å². The van der Waals surface area contributed by atoms with Gasteiger partial charge in [0.15, 0.2) is 0 Å². The predicted octanol–water partition coefficient (Wildman–Crippen LogP) is 2.86. The highest BCUT2D eigenvalue weighted by molar-refractivity contribution is 5.45. The number of nitrogens with two attached hydrogens (primary N) is 1. The summed E-state index contributed by atoms with van der Waals surface area (Å²) in [6.07, 6.45) is 0. The maximum atomic E-state index is 5.82. The van der Waals surface area contributed by atoms with Crippen molar-refractivity contribution in [2.24, 2.45) is 0 Å². The van der Waals surface area contributed by atoms with Crippen LogP contribution in [0.25, 0.3) is 0 Å². The highest BCUT2D eigenvalue weighted by atomic mass is 16.5. The van der Waals surface area contributed by atoms with E-state index >= 15 is 0 Å². The molecule has 0 amide bonds. The van der Waals surface area contributed by atoms with Gasteiger partial charge in [0.05, 0.1) is 13.2 Å². The standard InChI is InChI=1S/C15H17NO2/c16-15-9-5-4-6-13(15)12-17-10-11-18-14-7-2-1-3-8-14/h1-9H,10-12,16H2. The molecule has 2 aromatic carbocycles. The third kappa shape index (κ3) is 3.79. The fourth-order valence-electron chi connectivity index (χ4n) is 1.58. The Labute approximate surface area is 107 Å². The predicted molar refractivity (Wildman–Crippen MR) is 72.4 cm³/mol. The first-order chi connectivity index (χ1) is 8.86. The Morgan fingerprint density at radius 2 is 1.56 bits per heavy atom. The van der Waals surface area contributed by atoms with Crippen LogP contribution in [-0.4, -0.2) is 13.2 Å². The topological polar surface area (TPSA) is 44.5 Å². The molecular weight excluding hydrogens is 226 g/mol. The van der Waals surface area contributed by atoms with Crippen LogP contribution >= 0.6 is 0 Å². The van der Waals surface area contributed by atoms with Gasteiger partial charge in [-0.05, 0) is 18.2 Å². The maximum absolute atomic E-state index is 5.82. The second-order valence-electron chi connectivity index (χ2n) is 3.91. The van der Waals surface area contributed by atoms with Gasteiger partial charge in [-0.25, -0.2) is 0 Å². The first-order valence-electron chi connectivity index (χ1n) is 5.95. The van der Waals surface area contributed by atoms with Crippen molar-refractivity contribution < 1.29 is 9.47 Å². The Morgan fingerprint density at radius 1 is 0.833 bits per heavy atom. The minimum atomic E-state index is 0.519. The molecule has 0 bridgehead atoms. The molecular formula is C15H17NO2. The SMILES string of the molecule is Nc1ccccc1COCCOc1ccccc1. The van der Waals surface area contributed by atoms with Crippen LogP contribution in [0.15, 0.2) is 54.6 Å². The zero-order chi connectivity index (χ0) is 12.6. The average Bonchev–Trinajstić information content (AvgIpc) is 2.42. The van der Waals surface area contributed by atoms with E-state index in [1.807, 2.05) is 54.6 Å². The van der Waals surface area contributed by atoms with Gasteiger partial charge in [0.25, 0.3) is 0 Å². The quantitative estimate of drug-likeness (QED) is 0.626. The number of ether oxygens (including phenoxy) is 2. The second-order valence-corrected chi connectivity index (χ2v) is 3.91. The third-order valence-corrected chi connectivity index (χ3v) is 2.55. The van der Waals surface area contributed by atoms with Crippen molar-refractivity contribution in [2.75, 3.05) is 18.9 Å². The van der Waals surface area contributed by atoms with Crippen LogP contribution in [0, 0.1) is 0 Å². The van der Waals surface area contributed by atoms with Crippen LogP contribution in [0.5, 0.6) is 5.75 Å². The lowest BCUT2D eigenvalue weighted by Gasteiger charge is -2.08. The summed E-state index contributed by atoms with van der Waals surface area (Å²) in [7, 11) is 0. The molecule has 0 heterocycles. The van der Waals surface area contributed by atoms with Crippen molar-refractivity contribution in [3.05, 3.63) is 60.2 Å². The Morgan fingerprint density at radius 3 is 2.33 bits per heavy atom. The van der Waals surface area contributed by atoms with Gasteiger partial charge in [0.2, 0.25) is 0 Å². The van der Waals surface area contributed by atoms with Gasteiger partial charge in [-0.2, -0.15) is 0 Å². The Balaban J connectivity index is 1.66. The molecule has 94 valence electrons. The summed E-state index contributed by atoms with van der Waals surface area (Å²) in [6, 6.07) is 17.4. The molecule has 2 aromatic rings. The molecule has 0 atom stereocenters. The van der Waals surface area contributed by atoms with Gasteiger partial charge in [-0.3, -0.25) is 0 Å². The van der Waals surface area contributed by atoms with Crippen LogP contribution in [-0.2, 0) is 11.3 Å². The monoisotopic (exact) mass is 243 g/mol. The number of para-hydroxylation sites is 2. The van der Waals surface area contributed by atoms with Crippen molar-refractivity contribution in [3.63, 3.8) is 0 Å². The van der Waals surface area contributed by atoms with E-state index in [1.54, 1.807) is 0 Å². The van der Waals surface area contributed by atoms with Crippen LogP contribution in [0.3, 0.4) is 0 Å². The van der Waals surface area contributed by atoms with Crippen LogP contribution in [0.1, 0.15) is 5.56 Å². The molecule has 0 aliphatic rings. The number of hydrogen-bond acceptors (Lipinski definition) is 3. The Kier molecular flexibility index (Phi) is 4.61. The van der Waals surface area contributed by atoms with Crippen molar-refractivity contribution in [3.8, 4) is 5.75 Å². The van der Waals surface area contributed by atoms with Gasteiger partial charge < -0.3 is 15.2 Å². The molecule has 0 aromatic heterocycles. The number of anilines is 1. The van der Waals surface area contributed by atoms with Gasteiger partial charge in [0.1, 0.15) is 12.4 Å². The van der Waals surface area contributed by atoms with Crippen molar-refractivity contribution in [2.45, 2.75) is 6.61 Å². The molecule has 2 rings (SSSR count). The summed E-state index contributed by atoms with van der Waals surface area (Å²) >= 11 is 0. The molecule has 3 nitrogen and oxygen atoms in total. The summed E-state index contributed by atoms with van der Waals surface area (Å²) in [5.74, 6) is 0.861. The fourth-order valence-corrected chi connectivity index (χ4v) is 1.58. The van der Waals surface area contributed by atoms with Crippen LogP contribution in [0.4, 0.5) is 5.69 Å². The van der Waals surface area contributed by atoms with E-state index in [2.05, 4.69) is 0 Å². The number of hydrogen-bond donors (Lipinski definition) is 1. The fraction of sp³-hybridized carbons (Fsp3) is 0.200. The molecule has 2 N–H and O–H groups in total. The van der Waals surface area contributed by atoms with Crippen LogP contribution < -0.4 is 10.5 Å². The summed E-state index contributed by atoms with van der Waals surface area (Å²) in [6.45, 7) is 1.60. The van der Waals surface area contributed by atoms with Gasteiger partial charge in [-0.15, -0.1) is 0 Å². The largest absolute Gasteiger partial charge is 0.491 e. The normalized spacial score (nSPS) is 10.2. The van der Waals surface area contributed by atoms with E-state index < -0.39 is 0 Å². The van der Waals surface area contributed by atoms with Gasteiger partial charge >= 0.3 is 0 Å². The van der Waals surface area contributed by atoms with Gasteiger partial charge in [0, 0.05) is 11.3 Å². The van der Waals surface area contributed by atoms with E-state index in [1.165, 1.54) is 0 Å². The Hall–Kier alpha value is -2.00. The van der Waals surface area contributed by atoms with Crippen molar-refractivity contribution in [1.82, 2.24) is 0 Å². The minimum absolute atomic E-state index is 0.519. The van der Waals surface area contributed by atoms with E-state index in [-0.39, 0.29) is 0 Å². The van der Waals surface area contributed by atoms with Crippen molar-refractivity contribution >= 4 is 5.69 Å². The summed E-state index contributed by atoms with van der Waals surface area (Å²) in [5.41, 5.74) is 7.59. The zero-order valence-corrected chi connectivity index (χ0v) is 10.2. The molecule has 0 saturated carbocycles. The van der Waals surface area contributed by atoms with Crippen molar-refractivity contribution in [1.29, 1.82) is 0 Å². The number of benzene rings is 2. The lowest BCUT2D eigenvalue weighted by atomic mass is 10.2. The summed E-state index contributed by atoms with van der Waals surface area (Å²) < 4.78 is 11.0. The van der Waals surface area contributed by atoms with E-state index in [4.69, 9.17) is 15.2 Å². The third-order valence-electron chi connectivity index (χ3n) is 2.55. The first kappa shape index (κ1) is 12.5. The summed E-state index contributed by atoms with van der Waals surface area (Å²) in [4.78, 5) is 0. The first-order valence-corrected chi connectivity index (χ1v) is 5.95. The average molecular weight is 243 g/mol. The van der Waals surface area contributed by atoms with E-state index in [0.29, 0.717) is 19.8 Å². The molecule has 18 heavy (non-hydrogen) atoms. The van der Waals surface area contributed by atoms with E-state index in [9.17, 15) is 0 Å². The highest BCUT2D eigenvalue weighted by Gasteiger charge is 1.97. The molecule has 3 heteroatoms. The number of rotatable bonds is 6. The highest BCUT2D eigenvalue weighted by Crippen LogP contribution is 2.11. The van der Waals surface area contributed by atoms with Crippen LogP contribution in [0.2, 0.25) is 0 Å². The maximum Gasteiger partial charge on any atom is 0.119 e. The smallest absolute Gasteiger partial charge is 0.119 e. The lowest BCUT2D eigenvalue weighted by molar-refractivity contribution is 0.0892.